The van der Waals surface area contributed by atoms with Crippen molar-refractivity contribution in [3.05, 3.63) is 0 Å². The summed E-state index contributed by atoms with van der Waals surface area (Å²) in [4.78, 5) is 9.24. The molecule has 7 heteroatoms. The Labute approximate surface area is 164 Å². The van der Waals surface area contributed by atoms with Gasteiger partial charge in [0.15, 0.2) is 5.96 Å². The average Bonchev–Trinajstić information content (AvgIpc) is 3.11. The van der Waals surface area contributed by atoms with E-state index in [0.717, 1.165) is 64.7 Å². The molecule has 2 saturated heterocycles. The van der Waals surface area contributed by atoms with E-state index in [1.807, 2.05) is 7.05 Å². The Kier molecular flexibility index (Phi) is 10.5. The lowest BCUT2D eigenvalue weighted by atomic mass is 10.1. The first-order valence-corrected chi connectivity index (χ1v) is 9.12. The number of nitrogens with one attached hydrogen (secondary N) is 1. The number of guanidine groups is 1. The third-order valence-electron chi connectivity index (χ3n) is 4.98. The Morgan fingerprint density at radius 3 is 2.54 bits per heavy atom. The van der Waals surface area contributed by atoms with Gasteiger partial charge in [0, 0.05) is 39.3 Å². The van der Waals surface area contributed by atoms with Crippen molar-refractivity contribution in [3.8, 4) is 0 Å². The standard InChI is InChI=1S/C17H34N4O2.HI/c1-5-20(6-2)14(3)12-19-17(18-4)21-9-11-23-16(13-21)15-8-7-10-22-15;/h14-16H,5-13H2,1-4H3,(H,18,19);1H. The first-order valence-electron chi connectivity index (χ1n) is 9.12. The van der Waals surface area contributed by atoms with Crippen molar-refractivity contribution in [1.82, 2.24) is 15.1 Å². The highest BCUT2D eigenvalue weighted by molar-refractivity contribution is 14.0. The molecule has 0 aromatic heterocycles. The average molecular weight is 454 g/mol. The van der Waals surface area contributed by atoms with Gasteiger partial charge in [0.25, 0.3) is 0 Å². The van der Waals surface area contributed by atoms with E-state index in [1.165, 1.54) is 0 Å². The number of morpholine rings is 1. The molecule has 0 aromatic rings. The van der Waals surface area contributed by atoms with E-state index in [0.29, 0.717) is 6.04 Å². The molecule has 3 atom stereocenters. The molecule has 0 amide bonds. The van der Waals surface area contributed by atoms with E-state index in [1.54, 1.807) is 0 Å². The van der Waals surface area contributed by atoms with Gasteiger partial charge in [-0.05, 0) is 32.9 Å². The van der Waals surface area contributed by atoms with E-state index < -0.39 is 0 Å². The van der Waals surface area contributed by atoms with Crippen LogP contribution in [0.5, 0.6) is 0 Å². The van der Waals surface area contributed by atoms with Gasteiger partial charge in [-0.2, -0.15) is 0 Å². The number of hydrogen-bond donors (Lipinski definition) is 1. The van der Waals surface area contributed by atoms with Crippen molar-refractivity contribution in [1.29, 1.82) is 0 Å². The zero-order valence-electron chi connectivity index (χ0n) is 15.7. The summed E-state index contributed by atoms with van der Waals surface area (Å²) in [5, 5.41) is 3.54. The fourth-order valence-corrected chi connectivity index (χ4v) is 3.54. The summed E-state index contributed by atoms with van der Waals surface area (Å²) in [5.41, 5.74) is 0. The maximum Gasteiger partial charge on any atom is 0.193 e. The summed E-state index contributed by atoms with van der Waals surface area (Å²) in [6.07, 6.45) is 2.69. The highest BCUT2D eigenvalue weighted by atomic mass is 127. The smallest absolute Gasteiger partial charge is 0.193 e. The van der Waals surface area contributed by atoms with Crippen LogP contribution in [-0.4, -0.2) is 87.0 Å². The molecule has 2 fully saturated rings. The van der Waals surface area contributed by atoms with Gasteiger partial charge in [-0.15, -0.1) is 24.0 Å². The summed E-state index contributed by atoms with van der Waals surface area (Å²) >= 11 is 0. The second-order valence-electron chi connectivity index (χ2n) is 6.41. The van der Waals surface area contributed by atoms with Gasteiger partial charge in [0.1, 0.15) is 6.10 Å². The van der Waals surface area contributed by atoms with Gasteiger partial charge in [-0.3, -0.25) is 9.89 Å². The molecule has 1 N–H and O–H groups in total. The molecule has 0 aromatic carbocycles. The highest BCUT2D eigenvalue weighted by Gasteiger charge is 2.32. The molecule has 24 heavy (non-hydrogen) atoms. The topological polar surface area (TPSA) is 49.3 Å². The zero-order valence-corrected chi connectivity index (χ0v) is 18.0. The van der Waals surface area contributed by atoms with Crippen molar-refractivity contribution in [3.63, 3.8) is 0 Å². The number of nitrogens with zero attached hydrogens (tertiary/aromatic N) is 3. The normalized spacial score (nSPS) is 26.4. The molecule has 0 aliphatic carbocycles. The predicted molar refractivity (Wildman–Crippen MR) is 109 cm³/mol. The Morgan fingerprint density at radius 2 is 1.96 bits per heavy atom. The van der Waals surface area contributed by atoms with Crippen molar-refractivity contribution < 1.29 is 9.47 Å². The Balaban J connectivity index is 0.00000288. The first kappa shape index (κ1) is 21.9. The largest absolute Gasteiger partial charge is 0.375 e. The first-order chi connectivity index (χ1) is 11.2. The van der Waals surface area contributed by atoms with Crippen LogP contribution in [-0.2, 0) is 9.47 Å². The van der Waals surface area contributed by atoms with Crippen LogP contribution >= 0.6 is 24.0 Å². The minimum absolute atomic E-state index is 0. The lowest BCUT2D eigenvalue weighted by Crippen LogP contribution is -2.54. The van der Waals surface area contributed by atoms with Crippen LogP contribution in [0.25, 0.3) is 0 Å². The highest BCUT2D eigenvalue weighted by Crippen LogP contribution is 2.21. The zero-order chi connectivity index (χ0) is 16.7. The predicted octanol–water partition coefficient (Wildman–Crippen LogP) is 1.79. The molecule has 2 aliphatic rings. The molecular formula is C17H35IN4O2. The summed E-state index contributed by atoms with van der Waals surface area (Å²) in [6, 6.07) is 0.497. The van der Waals surface area contributed by atoms with Gasteiger partial charge >= 0.3 is 0 Å². The quantitative estimate of drug-likeness (QED) is 0.377. The van der Waals surface area contributed by atoms with Crippen molar-refractivity contribution in [2.75, 3.05) is 53.0 Å². The summed E-state index contributed by atoms with van der Waals surface area (Å²) in [5.74, 6) is 0.982. The van der Waals surface area contributed by atoms with Crippen molar-refractivity contribution in [2.24, 2.45) is 4.99 Å². The molecule has 0 bridgehead atoms. The summed E-state index contributed by atoms with van der Waals surface area (Å²) in [6.45, 7) is 13.1. The molecule has 0 radical (unpaired) electrons. The van der Waals surface area contributed by atoms with E-state index in [-0.39, 0.29) is 36.2 Å². The van der Waals surface area contributed by atoms with Crippen LogP contribution in [0.3, 0.4) is 0 Å². The number of likely N-dealkylation sites (N-methyl/N-ethyl adjacent to an activating group) is 1. The van der Waals surface area contributed by atoms with Crippen LogP contribution in [0.2, 0.25) is 0 Å². The Hall–Kier alpha value is -0.120. The summed E-state index contributed by atoms with van der Waals surface area (Å²) in [7, 11) is 1.86. The molecular weight excluding hydrogens is 419 g/mol. The van der Waals surface area contributed by atoms with Crippen LogP contribution in [0.1, 0.15) is 33.6 Å². The Bertz CT molecular complexity index is 374. The van der Waals surface area contributed by atoms with E-state index in [9.17, 15) is 0 Å². The molecule has 3 unspecified atom stereocenters. The van der Waals surface area contributed by atoms with Crippen LogP contribution < -0.4 is 5.32 Å². The van der Waals surface area contributed by atoms with Gasteiger partial charge in [-0.25, -0.2) is 0 Å². The van der Waals surface area contributed by atoms with E-state index >= 15 is 0 Å². The molecule has 142 valence electrons. The van der Waals surface area contributed by atoms with Gasteiger partial charge < -0.3 is 19.7 Å². The third-order valence-corrected chi connectivity index (χ3v) is 4.98. The lowest BCUT2D eigenvalue weighted by Gasteiger charge is -2.37. The molecule has 2 aliphatic heterocycles. The van der Waals surface area contributed by atoms with Gasteiger partial charge in [0.2, 0.25) is 0 Å². The van der Waals surface area contributed by atoms with Crippen LogP contribution in [0.4, 0.5) is 0 Å². The second-order valence-corrected chi connectivity index (χ2v) is 6.41. The maximum atomic E-state index is 5.93. The minimum atomic E-state index is 0. The summed E-state index contributed by atoms with van der Waals surface area (Å²) < 4.78 is 11.7. The van der Waals surface area contributed by atoms with Crippen LogP contribution in [0.15, 0.2) is 4.99 Å². The van der Waals surface area contributed by atoms with E-state index in [2.05, 4.69) is 40.9 Å². The lowest BCUT2D eigenvalue weighted by molar-refractivity contribution is -0.0817. The maximum absolute atomic E-state index is 5.93. The molecule has 2 rings (SSSR count). The van der Waals surface area contributed by atoms with Gasteiger partial charge in [0.05, 0.1) is 12.7 Å². The van der Waals surface area contributed by atoms with Gasteiger partial charge in [-0.1, -0.05) is 13.8 Å². The fraction of sp³-hybridized carbons (Fsp3) is 0.941. The second kappa shape index (κ2) is 11.5. The number of hydrogen-bond acceptors (Lipinski definition) is 4. The number of ether oxygens (including phenoxy) is 2. The van der Waals surface area contributed by atoms with E-state index in [4.69, 9.17) is 9.47 Å². The van der Waals surface area contributed by atoms with Crippen molar-refractivity contribution in [2.45, 2.75) is 51.9 Å². The monoisotopic (exact) mass is 454 g/mol. The van der Waals surface area contributed by atoms with Crippen molar-refractivity contribution >= 4 is 29.9 Å². The SMILES string of the molecule is CCN(CC)C(C)CNC(=NC)N1CCOC(C2CCCO2)C1.I. The Morgan fingerprint density at radius 1 is 1.25 bits per heavy atom. The molecule has 0 saturated carbocycles. The molecule has 0 spiro atoms. The minimum Gasteiger partial charge on any atom is -0.375 e. The fourth-order valence-electron chi connectivity index (χ4n) is 3.54. The van der Waals surface area contributed by atoms with Crippen LogP contribution in [0, 0.1) is 0 Å². The molecule has 6 nitrogen and oxygen atoms in total. The molecule has 2 heterocycles. The number of rotatable bonds is 6. The number of aliphatic imine (C=N–C) groups is 1. The third kappa shape index (κ3) is 6.00. The number of halogens is 1.